The van der Waals surface area contributed by atoms with Crippen LogP contribution in [0.4, 0.5) is 0 Å². The zero-order chi connectivity index (χ0) is 12.4. The van der Waals surface area contributed by atoms with Gasteiger partial charge in [0.15, 0.2) is 0 Å². The molecule has 17 heavy (non-hydrogen) atoms. The van der Waals surface area contributed by atoms with Crippen molar-refractivity contribution in [3.8, 4) is 0 Å². The van der Waals surface area contributed by atoms with Gasteiger partial charge in [-0.2, -0.15) is 0 Å². The SMILES string of the molecule is CN(C)C1CCN(C(=O)c2ccncc2Br)C1. The van der Waals surface area contributed by atoms with Crippen molar-refractivity contribution in [1.29, 1.82) is 0 Å². The standard InChI is InChI=1S/C12H16BrN3O/c1-15(2)9-4-6-16(8-9)12(17)10-3-5-14-7-11(10)13/h3,5,7,9H,4,6,8H2,1-2H3. The zero-order valence-electron chi connectivity index (χ0n) is 10.1. The van der Waals surface area contributed by atoms with Gasteiger partial charge in [-0.05, 0) is 42.5 Å². The number of hydrogen-bond acceptors (Lipinski definition) is 3. The first-order chi connectivity index (χ1) is 8.09. The minimum atomic E-state index is 0.0867. The third kappa shape index (κ3) is 2.66. The van der Waals surface area contributed by atoms with E-state index in [9.17, 15) is 4.79 Å². The largest absolute Gasteiger partial charge is 0.337 e. The van der Waals surface area contributed by atoms with E-state index in [1.165, 1.54) is 0 Å². The van der Waals surface area contributed by atoms with Crippen LogP contribution in [0.25, 0.3) is 0 Å². The second kappa shape index (κ2) is 5.14. The topological polar surface area (TPSA) is 36.4 Å². The molecule has 2 heterocycles. The highest BCUT2D eigenvalue weighted by atomic mass is 79.9. The second-order valence-electron chi connectivity index (χ2n) is 4.51. The fourth-order valence-corrected chi connectivity index (χ4v) is 2.49. The molecule has 4 nitrogen and oxygen atoms in total. The number of aromatic nitrogens is 1. The van der Waals surface area contributed by atoms with Gasteiger partial charge in [0.2, 0.25) is 0 Å². The number of rotatable bonds is 2. The van der Waals surface area contributed by atoms with Crippen LogP contribution in [0, 0.1) is 0 Å². The summed E-state index contributed by atoms with van der Waals surface area (Å²) in [5.41, 5.74) is 0.694. The molecule has 0 N–H and O–H groups in total. The molecule has 1 aliphatic heterocycles. The van der Waals surface area contributed by atoms with Gasteiger partial charge in [0.25, 0.3) is 5.91 Å². The van der Waals surface area contributed by atoms with E-state index in [0.29, 0.717) is 11.6 Å². The zero-order valence-corrected chi connectivity index (χ0v) is 11.6. The summed E-state index contributed by atoms with van der Waals surface area (Å²) < 4.78 is 0.762. The van der Waals surface area contributed by atoms with Crippen LogP contribution in [0.3, 0.4) is 0 Å². The predicted octanol–water partition coefficient (Wildman–Crippen LogP) is 1.62. The summed E-state index contributed by atoms with van der Waals surface area (Å²) in [5, 5.41) is 0. The lowest BCUT2D eigenvalue weighted by atomic mass is 10.2. The molecule has 5 heteroatoms. The third-order valence-electron chi connectivity index (χ3n) is 3.18. The maximum absolute atomic E-state index is 12.3. The van der Waals surface area contributed by atoms with Crippen molar-refractivity contribution in [3.63, 3.8) is 0 Å². The monoisotopic (exact) mass is 297 g/mol. The number of carbonyl (C=O) groups excluding carboxylic acids is 1. The van der Waals surface area contributed by atoms with E-state index < -0.39 is 0 Å². The first-order valence-electron chi connectivity index (χ1n) is 5.65. The Morgan fingerprint density at radius 3 is 2.94 bits per heavy atom. The van der Waals surface area contributed by atoms with Gasteiger partial charge in [0, 0.05) is 36.0 Å². The van der Waals surface area contributed by atoms with Gasteiger partial charge in [0.05, 0.1) is 5.56 Å². The molecule has 1 amide bonds. The molecule has 0 bridgehead atoms. The smallest absolute Gasteiger partial charge is 0.255 e. The van der Waals surface area contributed by atoms with Crippen molar-refractivity contribution in [2.45, 2.75) is 12.5 Å². The van der Waals surface area contributed by atoms with E-state index in [1.807, 2.05) is 4.90 Å². The molecular formula is C12H16BrN3O. The molecule has 0 saturated carbocycles. The van der Waals surface area contributed by atoms with Gasteiger partial charge in [-0.1, -0.05) is 0 Å². The first kappa shape index (κ1) is 12.5. The highest BCUT2D eigenvalue weighted by Crippen LogP contribution is 2.20. The number of carbonyl (C=O) groups is 1. The molecule has 1 aliphatic rings. The van der Waals surface area contributed by atoms with Crippen LogP contribution in [0.5, 0.6) is 0 Å². The Bertz CT molecular complexity index is 422. The first-order valence-corrected chi connectivity index (χ1v) is 6.44. The van der Waals surface area contributed by atoms with Crippen molar-refractivity contribution in [3.05, 3.63) is 28.5 Å². The van der Waals surface area contributed by atoms with Gasteiger partial charge in [0.1, 0.15) is 0 Å². The highest BCUT2D eigenvalue weighted by Gasteiger charge is 2.28. The van der Waals surface area contributed by atoms with Gasteiger partial charge in [-0.3, -0.25) is 9.78 Å². The third-order valence-corrected chi connectivity index (χ3v) is 3.82. The number of nitrogens with zero attached hydrogens (tertiary/aromatic N) is 3. The molecule has 1 unspecified atom stereocenters. The Morgan fingerprint density at radius 2 is 2.35 bits per heavy atom. The van der Waals surface area contributed by atoms with Crippen LogP contribution in [0.1, 0.15) is 16.8 Å². The summed E-state index contributed by atoms with van der Waals surface area (Å²) in [5.74, 6) is 0.0867. The molecule has 2 rings (SSSR count). The summed E-state index contributed by atoms with van der Waals surface area (Å²) in [6, 6.07) is 2.23. The van der Waals surface area contributed by atoms with Gasteiger partial charge in [-0.25, -0.2) is 0 Å². The molecule has 1 atom stereocenters. The summed E-state index contributed by atoms with van der Waals surface area (Å²) >= 11 is 3.37. The normalized spacial score (nSPS) is 20.0. The van der Waals surface area contributed by atoms with E-state index >= 15 is 0 Å². The number of pyridine rings is 1. The molecule has 1 fully saturated rings. The molecule has 0 aromatic carbocycles. The average Bonchev–Trinajstić information content (AvgIpc) is 2.78. The summed E-state index contributed by atoms with van der Waals surface area (Å²) in [6.07, 6.45) is 4.35. The van der Waals surface area contributed by atoms with Gasteiger partial charge < -0.3 is 9.80 Å². The van der Waals surface area contributed by atoms with Crippen molar-refractivity contribution < 1.29 is 4.79 Å². The summed E-state index contributed by atoms with van der Waals surface area (Å²) in [6.45, 7) is 1.64. The molecule has 0 spiro atoms. The number of likely N-dealkylation sites (tertiary alicyclic amines) is 1. The van der Waals surface area contributed by atoms with E-state index in [2.05, 4.69) is 39.9 Å². The fourth-order valence-electron chi connectivity index (χ4n) is 2.07. The summed E-state index contributed by atoms with van der Waals surface area (Å²) in [4.78, 5) is 20.3. The van der Waals surface area contributed by atoms with Crippen LogP contribution < -0.4 is 0 Å². The van der Waals surface area contributed by atoms with E-state index in [0.717, 1.165) is 24.0 Å². The molecular weight excluding hydrogens is 282 g/mol. The molecule has 1 aromatic rings. The van der Waals surface area contributed by atoms with E-state index in [1.54, 1.807) is 18.5 Å². The van der Waals surface area contributed by atoms with Crippen molar-refractivity contribution in [1.82, 2.24) is 14.8 Å². The number of likely N-dealkylation sites (N-methyl/N-ethyl adjacent to an activating group) is 1. The minimum absolute atomic E-state index is 0.0867. The van der Waals surface area contributed by atoms with Crippen molar-refractivity contribution in [2.75, 3.05) is 27.2 Å². The Kier molecular flexibility index (Phi) is 3.79. The molecule has 1 saturated heterocycles. The van der Waals surface area contributed by atoms with Gasteiger partial charge in [-0.15, -0.1) is 0 Å². The Morgan fingerprint density at radius 1 is 1.59 bits per heavy atom. The number of hydrogen-bond donors (Lipinski definition) is 0. The average molecular weight is 298 g/mol. The van der Waals surface area contributed by atoms with Crippen LogP contribution in [0.2, 0.25) is 0 Å². The Balaban J connectivity index is 2.10. The lowest BCUT2D eigenvalue weighted by molar-refractivity contribution is 0.0782. The lowest BCUT2D eigenvalue weighted by Crippen LogP contribution is -2.34. The number of halogens is 1. The summed E-state index contributed by atoms with van der Waals surface area (Å²) in [7, 11) is 4.11. The maximum atomic E-state index is 12.3. The van der Waals surface area contributed by atoms with E-state index in [-0.39, 0.29) is 5.91 Å². The second-order valence-corrected chi connectivity index (χ2v) is 5.37. The van der Waals surface area contributed by atoms with Crippen LogP contribution >= 0.6 is 15.9 Å². The quantitative estimate of drug-likeness (QED) is 0.832. The van der Waals surface area contributed by atoms with Crippen molar-refractivity contribution >= 4 is 21.8 Å². The molecule has 0 aliphatic carbocycles. The highest BCUT2D eigenvalue weighted by molar-refractivity contribution is 9.10. The minimum Gasteiger partial charge on any atom is -0.337 e. The predicted molar refractivity (Wildman–Crippen MR) is 69.9 cm³/mol. The maximum Gasteiger partial charge on any atom is 0.255 e. The van der Waals surface area contributed by atoms with Crippen molar-refractivity contribution in [2.24, 2.45) is 0 Å². The van der Waals surface area contributed by atoms with E-state index in [4.69, 9.17) is 0 Å². The van der Waals surface area contributed by atoms with Crippen LogP contribution in [0.15, 0.2) is 22.9 Å². The van der Waals surface area contributed by atoms with Gasteiger partial charge >= 0.3 is 0 Å². The number of amides is 1. The Hall–Kier alpha value is -0.940. The molecule has 92 valence electrons. The Labute approximate surface area is 110 Å². The lowest BCUT2D eigenvalue weighted by Gasteiger charge is -2.20. The van der Waals surface area contributed by atoms with Crippen LogP contribution in [-0.2, 0) is 0 Å². The fraction of sp³-hybridized carbons (Fsp3) is 0.500. The molecule has 1 aromatic heterocycles. The molecule has 0 radical (unpaired) electrons. The van der Waals surface area contributed by atoms with Crippen LogP contribution in [-0.4, -0.2) is 53.9 Å².